The summed E-state index contributed by atoms with van der Waals surface area (Å²) in [5, 5.41) is 5.50. The minimum atomic E-state index is 0.499. The molecule has 1 aliphatic rings. The summed E-state index contributed by atoms with van der Waals surface area (Å²) in [5.41, 5.74) is 13.2. The molecule has 1 unspecified atom stereocenters. The first-order valence-corrected chi connectivity index (χ1v) is 14.3. The van der Waals surface area contributed by atoms with Crippen LogP contribution in [0, 0.1) is 5.92 Å². The van der Waals surface area contributed by atoms with Crippen molar-refractivity contribution in [1.29, 1.82) is 0 Å². The van der Waals surface area contributed by atoms with E-state index >= 15 is 0 Å². The molecule has 0 aromatic heterocycles. The van der Waals surface area contributed by atoms with Gasteiger partial charge in [0, 0.05) is 0 Å². The molecule has 0 heterocycles. The van der Waals surface area contributed by atoms with Gasteiger partial charge in [0.25, 0.3) is 0 Å². The predicted molar refractivity (Wildman–Crippen MR) is 157 cm³/mol. The van der Waals surface area contributed by atoms with E-state index in [9.17, 15) is 0 Å². The van der Waals surface area contributed by atoms with E-state index in [2.05, 4.69) is 111 Å². The Bertz CT molecular complexity index is 1010. The number of nitrogens with one attached hydrogen (secondary N) is 2. The molecule has 0 bridgehead atoms. The van der Waals surface area contributed by atoms with Crippen molar-refractivity contribution < 1.29 is 25.0 Å². The van der Waals surface area contributed by atoms with E-state index in [0.717, 1.165) is 6.54 Å². The topological polar surface area (TPSA) is 27.3 Å². The first kappa shape index (κ1) is 32.6. The summed E-state index contributed by atoms with van der Waals surface area (Å²) in [6.07, 6.45) is 0. The van der Waals surface area contributed by atoms with Crippen molar-refractivity contribution in [2.24, 2.45) is 5.92 Å². The maximum atomic E-state index is 2.75. The summed E-state index contributed by atoms with van der Waals surface area (Å²) in [4.78, 5) is 0. The largest absolute Gasteiger partial charge is 0.323 e. The number of rotatable bonds is 6. The number of anilines is 1. The van der Waals surface area contributed by atoms with Crippen LogP contribution in [0.2, 0.25) is 0 Å². The summed E-state index contributed by atoms with van der Waals surface area (Å²) in [6, 6.07) is 15.9. The van der Waals surface area contributed by atoms with Crippen LogP contribution in [0.4, 0.5) is 5.69 Å². The summed E-state index contributed by atoms with van der Waals surface area (Å²) >= 11 is 1.44. The average molecular weight is 568 g/mol. The van der Waals surface area contributed by atoms with E-state index in [4.69, 9.17) is 0 Å². The Kier molecular flexibility index (Phi) is 14.2. The molecule has 0 radical (unpaired) electrons. The Morgan fingerprint density at radius 3 is 1.67 bits per heavy atom. The molecule has 0 fully saturated rings. The number of nitrogens with zero attached hydrogens (tertiary/aromatic N) is 1. The number of hydrogen-bond acceptors (Lipinski definition) is 3. The van der Waals surface area contributed by atoms with Crippen molar-refractivity contribution in [2.75, 3.05) is 31.0 Å². The van der Waals surface area contributed by atoms with Gasteiger partial charge >= 0.3 is 200 Å². The molecule has 0 saturated carbocycles. The molecule has 0 spiro atoms. The number of benzene rings is 2. The Balaban J connectivity index is 0.000000982. The number of allylic oxidation sites excluding steroid dienone is 4. The maximum Gasteiger partial charge on any atom is -0.0167 e. The van der Waals surface area contributed by atoms with E-state index in [1.165, 1.54) is 75.2 Å². The van der Waals surface area contributed by atoms with Crippen molar-refractivity contribution in [3.05, 3.63) is 81.4 Å². The zero-order valence-electron chi connectivity index (χ0n) is 24.9. The molecule has 1 atom stereocenters. The van der Waals surface area contributed by atoms with Crippen molar-refractivity contribution in [3.8, 4) is 0 Å². The summed E-state index contributed by atoms with van der Waals surface area (Å²) < 4.78 is 2.57. The van der Waals surface area contributed by atoms with Gasteiger partial charge in [0.05, 0.1) is 0 Å². The van der Waals surface area contributed by atoms with Crippen molar-refractivity contribution >= 4 is 11.3 Å². The van der Waals surface area contributed by atoms with Gasteiger partial charge in [0.1, 0.15) is 0 Å². The molecule has 2 aromatic rings. The molecular formula is C32H50N3Zr. The Hall–Kier alpha value is -1.48. The quantitative estimate of drug-likeness (QED) is 0.372. The maximum absolute atomic E-state index is 2.75. The molecule has 3 rings (SSSR count). The monoisotopic (exact) mass is 566 g/mol. The predicted octanol–water partition coefficient (Wildman–Crippen LogP) is 7.83. The molecule has 197 valence electrons. The average Bonchev–Trinajstić information content (AvgIpc) is 3.02. The van der Waals surface area contributed by atoms with Gasteiger partial charge in [-0.3, -0.25) is 0 Å². The van der Waals surface area contributed by atoms with E-state index < -0.39 is 0 Å². The molecule has 0 aliphatic heterocycles. The minimum absolute atomic E-state index is 0.499. The molecule has 2 aromatic carbocycles. The summed E-state index contributed by atoms with van der Waals surface area (Å²) in [6.45, 7) is 19.4. The smallest absolute Gasteiger partial charge is 0.0167 e. The molecule has 4 heteroatoms. The van der Waals surface area contributed by atoms with Gasteiger partial charge in [0.2, 0.25) is 0 Å². The van der Waals surface area contributed by atoms with Gasteiger partial charge in [-0.25, -0.2) is 0 Å². The standard InChI is InChI=1S/C28H36N.2C2H7N.Zr/c1-17(2)24-14-11-15-25(18(3)4)28(24)29-16-23-12-9-10-13-26(23)27-21(7)19(5)20(6)22(27)8;2*1-3-2;/h9-15,17-18,21H,16H2,1-8H3;2*3H,1-2H3;/q-1;;;+1. The molecule has 0 amide bonds. The fourth-order valence-electron chi connectivity index (χ4n) is 4.79. The zero-order chi connectivity index (χ0) is 27.6. The Morgan fingerprint density at radius 2 is 1.25 bits per heavy atom. The van der Waals surface area contributed by atoms with Gasteiger partial charge in [-0.2, -0.15) is 0 Å². The Labute approximate surface area is 238 Å². The van der Waals surface area contributed by atoms with E-state index in [0.29, 0.717) is 17.8 Å². The van der Waals surface area contributed by atoms with Crippen LogP contribution in [-0.4, -0.2) is 28.2 Å². The van der Waals surface area contributed by atoms with Gasteiger partial charge in [-0.05, 0) is 28.2 Å². The molecule has 36 heavy (non-hydrogen) atoms. The van der Waals surface area contributed by atoms with Crippen molar-refractivity contribution in [3.63, 3.8) is 0 Å². The second kappa shape index (κ2) is 15.7. The van der Waals surface area contributed by atoms with Crippen molar-refractivity contribution in [1.82, 2.24) is 10.6 Å². The van der Waals surface area contributed by atoms with E-state index in [-0.39, 0.29) is 0 Å². The first-order chi connectivity index (χ1) is 17.0. The van der Waals surface area contributed by atoms with Crippen LogP contribution >= 0.6 is 0 Å². The third-order valence-corrected chi connectivity index (χ3v) is 7.83. The SMILES string of the molecule is CC1=C(C)C(C)C(c2ccccc2C[N]([Zr])c2c(C(C)C)cccc2C(C)C)=C1C.CNC.CNC. The van der Waals surface area contributed by atoms with Crippen LogP contribution in [-0.2, 0) is 31.6 Å². The minimum Gasteiger partial charge on any atom is -0.323 e. The van der Waals surface area contributed by atoms with Gasteiger partial charge in [0.15, 0.2) is 0 Å². The third kappa shape index (κ3) is 8.01. The van der Waals surface area contributed by atoms with Crippen LogP contribution in [0.3, 0.4) is 0 Å². The molecule has 1 aliphatic carbocycles. The molecule has 2 N–H and O–H groups in total. The summed E-state index contributed by atoms with van der Waals surface area (Å²) in [5.74, 6) is 1.54. The van der Waals surface area contributed by atoms with E-state index in [1.54, 1.807) is 0 Å². The molecule has 3 nitrogen and oxygen atoms in total. The summed E-state index contributed by atoms with van der Waals surface area (Å²) in [7, 11) is 7.50. The number of hydrogen-bond donors (Lipinski definition) is 2. The number of para-hydroxylation sites is 1. The fourth-order valence-corrected chi connectivity index (χ4v) is 5.85. The Morgan fingerprint density at radius 1 is 0.778 bits per heavy atom. The van der Waals surface area contributed by atoms with Gasteiger partial charge < -0.3 is 10.6 Å². The van der Waals surface area contributed by atoms with E-state index in [1.807, 2.05) is 28.2 Å². The third-order valence-electron chi connectivity index (χ3n) is 6.89. The van der Waals surface area contributed by atoms with Crippen LogP contribution in [0.1, 0.15) is 89.5 Å². The molecular weight excluding hydrogens is 518 g/mol. The van der Waals surface area contributed by atoms with Crippen LogP contribution < -0.4 is 13.5 Å². The second-order valence-electron chi connectivity index (χ2n) is 10.4. The van der Waals surface area contributed by atoms with Gasteiger partial charge in [-0.1, -0.05) is 0 Å². The zero-order valence-corrected chi connectivity index (χ0v) is 27.4. The molecule has 0 saturated heterocycles. The van der Waals surface area contributed by atoms with Crippen LogP contribution in [0.15, 0.2) is 59.2 Å². The van der Waals surface area contributed by atoms with Gasteiger partial charge in [-0.15, -0.1) is 0 Å². The second-order valence-corrected chi connectivity index (χ2v) is 11.7. The normalized spacial score (nSPS) is 15.1. The van der Waals surface area contributed by atoms with Crippen LogP contribution in [0.5, 0.6) is 0 Å². The first-order valence-electron chi connectivity index (χ1n) is 13.2. The van der Waals surface area contributed by atoms with Crippen LogP contribution in [0.25, 0.3) is 5.57 Å². The fraction of sp³-hybridized carbons (Fsp3) is 0.500. The van der Waals surface area contributed by atoms with Crippen molar-refractivity contribution in [2.45, 2.75) is 73.8 Å².